The zero-order valence-electron chi connectivity index (χ0n) is 16.4. The van der Waals surface area contributed by atoms with Gasteiger partial charge in [0.15, 0.2) is 0 Å². The van der Waals surface area contributed by atoms with Crippen LogP contribution in [0, 0.1) is 6.92 Å². The van der Waals surface area contributed by atoms with Gasteiger partial charge in [-0.2, -0.15) is 5.10 Å². The van der Waals surface area contributed by atoms with Crippen molar-refractivity contribution in [2.75, 3.05) is 31.1 Å². The number of nitrogens with zero attached hydrogens (tertiary/aromatic N) is 4. The second-order valence-electron chi connectivity index (χ2n) is 7.58. The molecule has 4 rings (SSSR count). The molecule has 2 fully saturated rings. The molecule has 28 heavy (non-hydrogen) atoms. The molecule has 148 valence electrons. The van der Waals surface area contributed by atoms with Gasteiger partial charge in [-0.15, -0.1) is 0 Å². The van der Waals surface area contributed by atoms with E-state index in [1.165, 1.54) is 0 Å². The minimum absolute atomic E-state index is 0.0111. The molecule has 1 aromatic heterocycles. The van der Waals surface area contributed by atoms with Gasteiger partial charge in [0.05, 0.1) is 24.8 Å². The van der Waals surface area contributed by atoms with Crippen molar-refractivity contribution in [3.05, 3.63) is 47.8 Å². The highest BCUT2D eigenvalue weighted by Gasteiger charge is 2.44. The van der Waals surface area contributed by atoms with E-state index in [-0.39, 0.29) is 18.4 Å². The summed E-state index contributed by atoms with van der Waals surface area (Å²) >= 11 is 0. The summed E-state index contributed by atoms with van der Waals surface area (Å²) in [6, 6.07) is 9.66. The molecule has 2 aliphatic rings. The molecule has 0 radical (unpaired) electrons. The van der Waals surface area contributed by atoms with E-state index < -0.39 is 5.60 Å². The molecule has 0 N–H and O–H groups in total. The van der Waals surface area contributed by atoms with Gasteiger partial charge in [-0.1, -0.05) is 18.2 Å². The Morgan fingerprint density at radius 1 is 1.25 bits per heavy atom. The third-order valence-electron chi connectivity index (χ3n) is 5.78. The van der Waals surface area contributed by atoms with Gasteiger partial charge in [-0.25, -0.2) is 0 Å². The quantitative estimate of drug-likeness (QED) is 0.817. The van der Waals surface area contributed by atoms with E-state index in [1.807, 2.05) is 53.8 Å². The van der Waals surface area contributed by atoms with E-state index in [1.54, 1.807) is 11.1 Å². The fourth-order valence-corrected chi connectivity index (χ4v) is 4.22. The molecular weight excluding hydrogens is 356 g/mol. The van der Waals surface area contributed by atoms with Crippen LogP contribution >= 0.6 is 0 Å². The molecule has 7 heteroatoms. The maximum atomic E-state index is 13.1. The summed E-state index contributed by atoms with van der Waals surface area (Å²) < 4.78 is 7.87. The van der Waals surface area contributed by atoms with Crippen LogP contribution in [0.1, 0.15) is 35.8 Å². The lowest BCUT2D eigenvalue weighted by molar-refractivity contribution is -0.144. The summed E-state index contributed by atoms with van der Waals surface area (Å²) in [4.78, 5) is 29.2. The third kappa shape index (κ3) is 3.30. The van der Waals surface area contributed by atoms with Crippen LogP contribution in [0.3, 0.4) is 0 Å². The van der Waals surface area contributed by atoms with Crippen LogP contribution in [0.25, 0.3) is 0 Å². The van der Waals surface area contributed by atoms with Crippen molar-refractivity contribution in [2.24, 2.45) is 0 Å². The maximum absolute atomic E-state index is 13.1. The Morgan fingerprint density at radius 2 is 2.04 bits per heavy atom. The Balaban J connectivity index is 1.54. The number of hydrogen-bond donors (Lipinski definition) is 0. The van der Waals surface area contributed by atoms with E-state index in [2.05, 4.69) is 5.10 Å². The average Bonchev–Trinajstić information content (AvgIpc) is 3.10. The number of carbonyl (C=O) groups is 2. The first kappa shape index (κ1) is 18.7. The third-order valence-corrected chi connectivity index (χ3v) is 5.78. The number of benzene rings is 1. The predicted molar refractivity (Wildman–Crippen MR) is 105 cm³/mol. The number of hydrogen-bond acceptors (Lipinski definition) is 4. The highest BCUT2D eigenvalue weighted by Crippen LogP contribution is 2.32. The smallest absolute Gasteiger partial charge is 0.257 e. The second-order valence-corrected chi connectivity index (χ2v) is 7.58. The zero-order valence-corrected chi connectivity index (χ0v) is 16.4. The second kappa shape index (κ2) is 7.39. The monoisotopic (exact) mass is 382 g/mol. The molecule has 2 saturated heterocycles. The molecule has 1 unspecified atom stereocenters. The van der Waals surface area contributed by atoms with Gasteiger partial charge in [-0.3, -0.25) is 14.3 Å². The average molecular weight is 382 g/mol. The van der Waals surface area contributed by atoms with Gasteiger partial charge in [0.1, 0.15) is 12.2 Å². The van der Waals surface area contributed by atoms with Crippen LogP contribution in [-0.2, 0) is 16.1 Å². The van der Waals surface area contributed by atoms with E-state index in [0.717, 1.165) is 30.8 Å². The molecule has 1 spiro atoms. The Labute approximate surface area is 164 Å². The Morgan fingerprint density at radius 3 is 2.75 bits per heavy atom. The minimum atomic E-state index is -0.522. The fraction of sp³-hybridized carbons (Fsp3) is 0.476. The highest BCUT2D eigenvalue weighted by molar-refractivity contribution is 5.96. The SMILES string of the molecule is CCn1ncc(C(=O)N2CCCC3(C2)CN(c2ccccc2)C(=O)CO3)c1C. The topological polar surface area (TPSA) is 67.7 Å². The van der Waals surface area contributed by atoms with Gasteiger partial charge in [-0.05, 0) is 38.8 Å². The van der Waals surface area contributed by atoms with Crippen molar-refractivity contribution < 1.29 is 14.3 Å². The number of aromatic nitrogens is 2. The molecule has 0 aliphatic carbocycles. The Kier molecular flexibility index (Phi) is 4.93. The molecule has 0 saturated carbocycles. The van der Waals surface area contributed by atoms with Crippen molar-refractivity contribution in [3.63, 3.8) is 0 Å². The van der Waals surface area contributed by atoms with Crippen molar-refractivity contribution in [1.29, 1.82) is 0 Å². The Bertz CT molecular complexity index is 879. The van der Waals surface area contributed by atoms with Crippen LogP contribution < -0.4 is 4.90 Å². The number of rotatable bonds is 3. The summed E-state index contributed by atoms with van der Waals surface area (Å²) in [5, 5.41) is 4.30. The zero-order chi connectivity index (χ0) is 19.7. The number of ether oxygens (including phenoxy) is 1. The number of amides is 2. The van der Waals surface area contributed by atoms with Crippen LogP contribution in [0.5, 0.6) is 0 Å². The van der Waals surface area contributed by atoms with Gasteiger partial charge in [0.25, 0.3) is 11.8 Å². The standard InChI is InChI=1S/C21H26N4O3/c1-3-25-16(2)18(12-22-25)20(27)23-11-7-10-21(14-23)15-24(19(26)13-28-21)17-8-5-4-6-9-17/h4-6,8-9,12H,3,7,10-11,13-15H2,1-2H3. The number of piperidine rings is 1. The van der Waals surface area contributed by atoms with Gasteiger partial charge in [0, 0.05) is 24.5 Å². The Hall–Kier alpha value is -2.67. The van der Waals surface area contributed by atoms with Crippen LogP contribution in [-0.4, -0.2) is 58.3 Å². The number of morpholine rings is 1. The van der Waals surface area contributed by atoms with E-state index in [9.17, 15) is 9.59 Å². The van der Waals surface area contributed by atoms with Gasteiger partial charge in [0.2, 0.25) is 0 Å². The number of likely N-dealkylation sites (tertiary alicyclic amines) is 1. The summed E-state index contributed by atoms with van der Waals surface area (Å²) in [7, 11) is 0. The molecule has 2 amide bonds. The lowest BCUT2D eigenvalue weighted by atomic mass is 9.90. The lowest BCUT2D eigenvalue weighted by Gasteiger charge is -2.47. The largest absolute Gasteiger partial charge is 0.361 e. The van der Waals surface area contributed by atoms with Crippen molar-refractivity contribution in [2.45, 2.75) is 38.8 Å². The van der Waals surface area contributed by atoms with E-state index >= 15 is 0 Å². The molecular formula is C21H26N4O3. The van der Waals surface area contributed by atoms with E-state index in [4.69, 9.17) is 4.74 Å². The highest BCUT2D eigenvalue weighted by atomic mass is 16.5. The molecule has 3 heterocycles. The first-order valence-corrected chi connectivity index (χ1v) is 9.84. The summed E-state index contributed by atoms with van der Waals surface area (Å²) in [5.74, 6) is -0.0524. The number of carbonyl (C=O) groups excluding carboxylic acids is 2. The molecule has 1 aromatic carbocycles. The molecule has 7 nitrogen and oxygen atoms in total. The minimum Gasteiger partial charge on any atom is -0.361 e. The van der Waals surface area contributed by atoms with Crippen molar-refractivity contribution >= 4 is 17.5 Å². The predicted octanol–water partition coefficient (Wildman–Crippen LogP) is 2.25. The number of anilines is 1. The first-order valence-electron chi connectivity index (χ1n) is 9.84. The van der Waals surface area contributed by atoms with Crippen LogP contribution in [0.4, 0.5) is 5.69 Å². The lowest BCUT2D eigenvalue weighted by Crippen LogP contribution is -2.62. The molecule has 2 aliphatic heterocycles. The van der Waals surface area contributed by atoms with Crippen molar-refractivity contribution in [1.82, 2.24) is 14.7 Å². The van der Waals surface area contributed by atoms with Gasteiger partial charge >= 0.3 is 0 Å². The first-order chi connectivity index (χ1) is 13.5. The van der Waals surface area contributed by atoms with Crippen LogP contribution in [0.15, 0.2) is 36.5 Å². The molecule has 2 aromatic rings. The number of aryl methyl sites for hydroxylation is 1. The van der Waals surface area contributed by atoms with Crippen molar-refractivity contribution in [3.8, 4) is 0 Å². The van der Waals surface area contributed by atoms with E-state index in [0.29, 0.717) is 25.2 Å². The number of para-hydroxylation sites is 1. The summed E-state index contributed by atoms with van der Waals surface area (Å²) in [5.41, 5.74) is 1.88. The fourth-order valence-electron chi connectivity index (χ4n) is 4.22. The van der Waals surface area contributed by atoms with Crippen LogP contribution in [0.2, 0.25) is 0 Å². The summed E-state index contributed by atoms with van der Waals surface area (Å²) in [6.07, 6.45) is 3.34. The molecule has 1 atom stereocenters. The normalized spacial score (nSPS) is 22.7. The molecule has 0 bridgehead atoms. The summed E-state index contributed by atoms with van der Waals surface area (Å²) in [6.45, 7) is 6.36. The van der Waals surface area contributed by atoms with Gasteiger partial charge < -0.3 is 14.5 Å². The maximum Gasteiger partial charge on any atom is 0.257 e.